The van der Waals surface area contributed by atoms with E-state index in [-0.39, 0.29) is 0 Å². The lowest BCUT2D eigenvalue weighted by Gasteiger charge is -1.86. The first-order valence-corrected chi connectivity index (χ1v) is 2.85. The zero-order chi connectivity index (χ0) is 4.99. The highest BCUT2D eigenvalue weighted by molar-refractivity contribution is 8.13. The molecule has 0 radical (unpaired) electrons. The van der Waals surface area contributed by atoms with Crippen LogP contribution in [-0.2, 0) is 0 Å². The zero-order valence-corrected chi connectivity index (χ0v) is 4.51. The van der Waals surface area contributed by atoms with E-state index in [0.717, 1.165) is 0 Å². The van der Waals surface area contributed by atoms with Crippen LogP contribution in [0.3, 0.4) is 0 Å². The van der Waals surface area contributed by atoms with Crippen molar-refractivity contribution < 1.29 is 0 Å². The lowest BCUT2D eigenvalue weighted by molar-refractivity contribution is 1.30. The van der Waals surface area contributed by atoms with E-state index in [1.165, 1.54) is 11.8 Å². The van der Waals surface area contributed by atoms with Gasteiger partial charge in [-0.05, 0) is 6.26 Å². The Morgan fingerprint density at radius 1 is 2.00 bits per heavy atom. The monoisotopic (exact) mass is 104 g/mol. The molecular formula is C3H8N2S. The molecule has 0 heterocycles. The van der Waals surface area contributed by atoms with Gasteiger partial charge in [-0.1, -0.05) is 0 Å². The summed E-state index contributed by atoms with van der Waals surface area (Å²) in [7, 11) is 0. The van der Waals surface area contributed by atoms with Crippen molar-refractivity contribution in [1.29, 1.82) is 5.41 Å². The largest absolute Gasteiger partial charge is 0.325 e. The van der Waals surface area contributed by atoms with Crippen molar-refractivity contribution in [3.63, 3.8) is 0 Å². The molecule has 0 amide bonds. The second kappa shape index (κ2) is 3.18. The number of nitrogens with one attached hydrogen (secondary N) is 1. The highest BCUT2D eigenvalue weighted by Crippen LogP contribution is 1.89. The SMILES string of the molecule is CSC(=N)CN. The second-order valence-electron chi connectivity index (χ2n) is 0.831. The molecule has 0 aliphatic heterocycles. The molecule has 0 aromatic carbocycles. The third-order valence-corrected chi connectivity index (χ3v) is 1.09. The van der Waals surface area contributed by atoms with Gasteiger partial charge in [0.15, 0.2) is 0 Å². The molecule has 0 fully saturated rings. The molecule has 0 aliphatic rings. The van der Waals surface area contributed by atoms with Gasteiger partial charge in [-0.25, -0.2) is 0 Å². The minimum atomic E-state index is 0.376. The minimum absolute atomic E-state index is 0.376. The van der Waals surface area contributed by atoms with Crippen molar-refractivity contribution in [3.05, 3.63) is 0 Å². The van der Waals surface area contributed by atoms with Crippen LogP contribution in [0.5, 0.6) is 0 Å². The first kappa shape index (κ1) is 5.98. The maximum atomic E-state index is 6.82. The van der Waals surface area contributed by atoms with Gasteiger partial charge in [0.25, 0.3) is 0 Å². The predicted octanol–water partition coefficient (Wildman–Crippen LogP) is 0.285. The van der Waals surface area contributed by atoms with Crippen molar-refractivity contribution in [1.82, 2.24) is 0 Å². The predicted molar refractivity (Wildman–Crippen MR) is 30.3 cm³/mol. The van der Waals surface area contributed by atoms with Crippen molar-refractivity contribution in [3.8, 4) is 0 Å². The second-order valence-corrected chi connectivity index (χ2v) is 1.73. The van der Waals surface area contributed by atoms with Crippen LogP contribution in [0, 0.1) is 5.41 Å². The number of rotatable bonds is 1. The van der Waals surface area contributed by atoms with E-state index in [2.05, 4.69) is 0 Å². The maximum Gasteiger partial charge on any atom is 0.0775 e. The third-order valence-electron chi connectivity index (χ3n) is 0.432. The minimum Gasteiger partial charge on any atom is -0.325 e. The summed E-state index contributed by atoms with van der Waals surface area (Å²) in [6.07, 6.45) is 1.84. The highest BCUT2D eigenvalue weighted by Gasteiger charge is 1.81. The fourth-order valence-electron chi connectivity index (χ4n) is 0.0833. The first-order valence-electron chi connectivity index (χ1n) is 1.62. The molecule has 0 aromatic rings. The quantitative estimate of drug-likeness (QED) is 0.371. The summed E-state index contributed by atoms with van der Waals surface area (Å²) in [5.74, 6) is 0. The van der Waals surface area contributed by atoms with Crippen LogP contribution in [0.2, 0.25) is 0 Å². The van der Waals surface area contributed by atoms with Gasteiger partial charge in [0, 0.05) is 6.54 Å². The lowest BCUT2D eigenvalue weighted by Crippen LogP contribution is -2.07. The fourth-order valence-corrected chi connectivity index (χ4v) is 0.250. The molecule has 0 saturated carbocycles. The molecule has 0 rings (SSSR count). The van der Waals surface area contributed by atoms with Crippen LogP contribution in [0.15, 0.2) is 0 Å². The van der Waals surface area contributed by atoms with Gasteiger partial charge < -0.3 is 5.73 Å². The molecule has 6 heavy (non-hydrogen) atoms. The van der Waals surface area contributed by atoms with Gasteiger partial charge in [-0.15, -0.1) is 11.8 Å². The average molecular weight is 104 g/mol. The molecule has 0 unspecified atom stereocenters. The standard InChI is InChI=1S/C3H8N2S/c1-6-3(5)2-4/h5H,2,4H2,1H3. The fraction of sp³-hybridized carbons (Fsp3) is 0.667. The van der Waals surface area contributed by atoms with E-state index in [9.17, 15) is 0 Å². The Kier molecular flexibility index (Phi) is 3.17. The number of hydrogen-bond acceptors (Lipinski definition) is 3. The van der Waals surface area contributed by atoms with Crippen molar-refractivity contribution >= 4 is 16.8 Å². The molecule has 0 atom stereocenters. The molecule has 0 bridgehead atoms. The van der Waals surface area contributed by atoms with Gasteiger partial charge in [0.2, 0.25) is 0 Å². The normalized spacial score (nSPS) is 8.33. The Bertz CT molecular complexity index is 46.8. The summed E-state index contributed by atoms with van der Waals surface area (Å²) in [6.45, 7) is 0.376. The average Bonchev–Trinajstić information content (AvgIpc) is 1.65. The van der Waals surface area contributed by atoms with E-state index in [4.69, 9.17) is 11.1 Å². The summed E-state index contributed by atoms with van der Waals surface area (Å²) >= 11 is 1.38. The molecule has 0 spiro atoms. The van der Waals surface area contributed by atoms with E-state index in [0.29, 0.717) is 11.6 Å². The van der Waals surface area contributed by atoms with Crippen LogP contribution in [0.1, 0.15) is 0 Å². The molecule has 0 aliphatic carbocycles. The molecule has 0 aromatic heterocycles. The van der Waals surface area contributed by atoms with Gasteiger partial charge >= 0.3 is 0 Å². The number of thioether (sulfide) groups is 1. The summed E-state index contributed by atoms with van der Waals surface area (Å²) in [5, 5.41) is 7.36. The molecule has 36 valence electrons. The smallest absolute Gasteiger partial charge is 0.0775 e. The van der Waals surface area contributed by atoms with Crippen LogP contribution in [-0.4, -0.2) is 17.8 Å². The van der Waals surface area contributed by atoms with Crippen LogP contribution < -0.4 is 5.73 Å². The molecular weight excluding hydrogens is 96.1 g/mol. The highest BCUT2D eigenvalue weighted by atomic mass is 32.2. The van der Waals surface area contributed by atoms with E-state index in [1.807, 2.05) is 6.26 Å². The zero-order valence-electron chi connectivity index (χ0n) is 3.69. The van der Waals surface area contributed by atoms with Crippen molar-refractivity contribution in [2.45, 2.75) is 0 Å². The first-order chi connectivity index (χ1) is 2.81. The van der Waals surface area contributed by atoms with Gasteiger partial charge in [0.05, 0.1) is 5.04 Å². The third kappa shape index (κ3) is 2.23. The summed E-state index contributed by atoms with van der Waals surface area (Å²) in [5.41, 5.74) is 5.04. The molecule has 3 heteroatoms. The van der Waals surface area contributed by atoms with Crippen LogP contribution in [0.25, 0.3) is 0 Å². The number of hydrogen-bond donors (Lipinski definition) is 2. The summed E-state index contributed by atoms with van der Waals surface area (Å²) in [4.78, 5) is 0. The molecule has 3 N–H and O–H groups in total. The Hall–Kier alpha value is -0.0200. The Balaban J connectivity index is 2.99. The van der Waals surface area contributed by atoms with Gasteiger partial charge in [-0.3, -0.25) is 5.41 Å². The summed E-state index contributed by atoms with van der Waals surface area (Å²) < 4.78 is 0. The Labute approximate surface area is 41.6 Å². The maximum absolute atomic E-state index is 6.82. The Morgan fingerprint density at radius 3 is 2.50 bits per heavy atom. The topological polar surface area (TPSA) is 49.9 Å². The molecule has 2 nitrogen and oxygen atoms in total. The molecule has 0 saturated heterocycles. The number of nitrogens with two attached hydrogens (primary N) is 1. The van der Waals surface area contributed by atoms with Gasteiger partial charge in [0.1, 0.15) is 0 Å². The van der Waals surface area contributed by atoms with E-state index >= 15 is 0 Å². The van der Waals surface area contributed by atoms with E-state index < -0.39 is 0 Å². The summed E-state index contributed by atoms with van der Waals surface area (Å²) in [6, 6.07) is 0. The van der Waals surface area contributed by atoms with E-state index in [1.54, 1.807) is 0 Å². The van der Waals surface area contributed by atoms with Crippen molar-refractivity contribution in [2.24, 2.45) is 5.73 Å². The van der Waals surface area contributed by atoms with Crippen LogP contribution in [0.4, 0.5) is 0 Å². The Morgan fingerprint density at radius 2 is 2.50 bits per heavy atom. The van der Waals surface area contributed by atoms with Crippen LogP contribution >= 0.6 is 11.8 Å². The van der Waals surface area contributed by atoms with Crippen molar-refractivity contribution in [2.75, 3.05) is 12.8 Å². The lowest BCUT2D eigenvalue weighted by atomic mass is 10.8. The van der Waals surface area contributed by atoms with Gasteiger partial charge in [-0.2, -0.15) is 0 Å².